The molecule has 0 aliphatic rings. The Kier molecular flexibility index (Phi) is 5.15. The number of aromatic carboxylic acids is 1. The van der Waals surface area contributed by atoms with Crippen molar-refractivity contribution in [1.82, 2.24) is 0 Å². The molecule has 0 spiro atoms. The van der Waals surface area contributed by atoms with E-state index in [1.165, 1.54) is 17.4 Å². The minimum absolute atomic E-state index is 0.141. The maximum absolute atomic E-state index is 12.2. The summed E-state index contributed by atoms with van der Waals surface area (Å²) in [7, 11) is -4.12. The molecule has 9 heteroatoms. The van der Waals surface area contributed by atoms with E-state index in [4.69, 9.17) is 5.14 Å². The van der Waals surface area contributed by atoms with Gasteiger partial charge in [0, 0.05) is 22.7 Å². The van der Waals surface area contributed by atoms with Crippen LogP contribution >= 0.6 is 22.7 Å². The fourth-order valence-corrected chi connectivity index (χ4v) is 4.73. The third-order valence-corrected chi connectivity index (χ3v) is 6.27. The van der Waals surface area contributed by atoms with Crippen molar-refractivity contribution in [1.29, 1.82) is 0 Å². The van der Waals surface area contributed by atoms with Crippen LogP contribution < -0.4 is 10.5 Å². The molecule has 0 saturated heterocycles. The number of nitrogens with one attached hydrogen (secondary N) is 1. The lowest BCUT2D eigenvalue weighted by molar-refractivity contribution is 0.0696. The van der Waals surface area contributed by atoms with Crippen molar-refractivity contribution < 1.29 is 18.3 Å². The Balaban J connectivity index is 2.20. The van der Waals surface area contributed by atoms with Gasteiger partial charge in [0.1, 0.15) is 0 Å². The number of aryl methyl sites for hydroxylation is 1. The van der Waals surface area contributed by atoms with Gasteiger partial charge < -0.3 is 10.4 Å². The Morgan fingerprint density at radius 1 is 1.27 bits per heavy atom. The highest BCUT2D eigenvalue weighted by Crippen LogP contribution is 2.38. The first-order valence-electron chi connectivity index (χ1n) is 7.50. The van der Waals surface area contributed by atoms with Crippen LogP contribution in [0.3, 0.4) is 0 Å². The Hall–Kier alpha value is -2.20. The van der Waals surface area contributed by atoms with Crippen molar-refractivity contribution in [2.24, 2.45) is 5.14 Å². The summed E-state index contributed by atoms with van der Waals surface area (Å²) in [5.41, 5.74) is 2.36. The molecule has 26 heavy (non-hydrogen) atoms. The van der Waals surface area contributed by atoms with E-state index in [1.54, 1.807) is 11.3 Å². The molecule has 0 atom stereocenters. The summed E-state index contributed by atoms with van der Waals surface area (Å²) in [5, 5.41) is 23.6. The third-order valence-electron chi connectivity index (χ3n) is 3.74. The largest absolute Gasteiger partial charge is 0.478 e. The Bertz CT molecular complexity index is 1050. The number of carboxylic acids is 1. The van der Waals surface area contributed by atoms with Crippen molar-refractivity contribution in [3.8, 4) is 11.1 Å². The van der Waals surface area contributed by atoms with Gasteiger partial charge in [0.25, 0.3) is 0 Å². The highest BCUT2D eigenvalue weighted by atomic mass is 32.2. The number of carboxylic acid groups (broad SMARTS) is 1. The van der Waals surface area contributed by atoms with Crippen molar-refractivity contribution in [2.75, 3.05) is 5.32 Å². The first-order valence-corrected chi connectivity index (χ1v) is 10.9. The highest BCUT2D eigenvalue weighted by Gasteiger charge is 2.23. The Labute approximate surface area is 159 Å². The summed E-state index contributed by atoms with van der Waals surface area (Å²) in [5.74, 6) is -1.22. The smallest absolute Gasteiger partial charge is 0.335 e. The number of hydrogen-bond acceptors (Lipinski definition) is 6. The predicted octanol–water partition coefficient (Wildman–Crippen LogP) is 3.74. The first-order chi connectivity index (χ1) is 12.3. The quantitative estimate of drug-likeness (QED) is 0.575. The van der Waals surface area contributed by atoms with Crippen molar-refractivity contribution in [3.05, 3.63) is 56.4 Å². The minimum Gasteiger partial charge on any atom is -0.478 e. The van der Waals surface area contributed by atoms with Crippen LogP contribution in [-0.2, 0) is 16.6 Å². The number of thiophene rings is 2. The molecule has 0 fully saturated rings. The number of primary sulfonamides is 1. The van der Waals surface area contributed by atoms with E-state index in [-0.39, 0.29) is 10.5 Å². The van der Waals surface area contributed by atoms with E-state index in [2.05, 4.69) is 5.32 Å². The van der Waals surface area contributed by atoms with Crippen molar-refractivity contribution in [3.63, 3.8) is 0 Å². The van der Waals surface area contributed by atoms with Gasteiger partial charge in [-0.15, -0.1) is 11.3 Å². The molecule has 0 aliphatic carbocycles. The van der Waals surface area contributed by atoms with Crippen LogP contribution in [-0.4, -0.2) is 19.5 Å². The lowest BCUT2D eigenvalue weighted by Gasteiger charge is -2.16. The van der Waals surface area contributed by atoms with Crippen LogP contribution in [0.15, 0.2) is 45.3 Å². The number of anilines is 1. The second kappa shape index (κ2) is 7.20. The topological polar surface area (TPSA) is 109 Å². The maximum atomic E-state index is 12.2. The molecule has 0 saturated carbocycles. The van der Waals surface area contributed by atoms with Gasteiger partial charge in [-0.05, 0) is 58.5 Å². The number of sulfonamides is 1. The van der Waals surface area contributed by atoms with Gasteiger partial charge in [0.2, 0.25) is 10.0 Å². The van der Waals surface area contributed by atoms with E-state index < -0.39 is 16.0 Å². The normalized spacial score (nSPS) is 11.5. The molecule has 2 heterocycles. The number of nitrogens with two attached hydrogens (primary N) is 1. The molecular weight excluding hydrogens is 392 g/mol. The van der Waals surface area contributed by atoms with Crippen LogP contribution in [0.2, 0.25) is 0 Å². The molecule has 1 aromatic carbocycles. The van der Waals surface area contributed by atoms with E-state index in [0.717, 1.165) is 16.5 Å². The summed E-state index contributed by atoms with van der Waals surface area (Å²) in [6.45, 7) is 2.35. The zero-order valence-corrected chi connectivity index (χ0v) is 16.2. The summed E-state index contributed by atoms with van der Waals surface area (Å²) >= 11 is 3.02. The molecule has 0 amide bonds. The molecule has 0 radical (unpaired) electrons. The SMILES string of the molecule is Cc1cc(-c2c(NCc3ccsc3)cc(C(=O)O)cc2S(N)(=O)=O)cs1. The van der Waals surface area contributed by atoms with E-state index in [9.17, 15) is 18.3 Å². The standard InChI is InChI=1S/C17H16N2O4S3/c1-10-4-13(9-25-10)16-14(19-7-11-2-3-24-8-11)5-12(17(20)21)6-15(16)26(18,22)23/h2-6,8-9,19H,7H2,1H3,(H,20,21)(H2,18,22,23). The van der Waals surface area contributed by atoms with Gasteiger partial charge in [-0.1, -0.05) is 0 Å². The van der Waals surface area contributed by atoms with Gasteiger partial charge in [-0.3, -0.25) is 0 Å². The first kappa shape index (κ1) is 18.6. The minimum atomic E-state index is -4.12. The average molecular weight is 409 g/mol. The highest BCUT2D eigenvalue weighted by molar-refractivity contribution is 7.89. The molecule has 136 valence electrons. The van der Waals surface area contributed by atoms with Gasteiger partial charge in [-0.25, -0.2) is 18.4 Å². The lowest BCUT2D eigenvalue weighted by atomic mass is 10.0. The Morgan fingerprint density at radius 2 is 2.04 bits per heavy atom. The monoisotopic (exact) mass is 408 g/mol. The van der Waals surface area contributed by atoms with E-state index in [1.807, 2.05) is 35.2 Å². The number of rotatable bonds is 6. The fourth-order valence-electron chi connectivity index (χ4n) is 2.57. The van der Waals surface area contributed by atoms with Crippen LogP contribution in [0.4, 0.5) is 5.69 Å². The maximum Gasteiger partial charge on any atom is 0.335 e. The molecule has 0 aliphatic heterocycles. The number of hydrogen-bond donors (Lipinski definition) is 3. The average Bonchev–Trinajstić information content (AvgIpc) is 3.22. The molecule has 6 nitrogen and oxygen atoms in total. The fraction of sp³-hybridized carbons (Fsp3) is 0.118. The van der Waals surface area contributed by atoms with Crippen LogP contribution in [0.5, 0.6) is 0 Å². The second-order valence-corrected chi connectivity index (χ2v) is 9.10. The molecular formula is C17H16N2O4S3. The lowest BCUT2D eigenvalue weighted by Crippen LogP contribution is -2.16. The summed E-state index contributed by atoms with van der Waals surface area (Å²) in [6, 6.07) is 6.33. The van der Waals surface area contributed by atoms with Gasteiger partial charge in [0.15, 0.2) is 0 Å². The molecule has 4 N–H and O–H groups in total. The third kappa shape index (κ3) is 3.96. The van der Waals surface area contributed by atoms with Gasteiger partial charge in [-0.2, -0.15) is 11.3 Å². The molecule has 0 unspecified atom stereocenters. The van der Waals surface area contributed by atoms with Crippen molar-refractivity contribution in [2.45, 2.75) is 18.4 Å². The summed E-state index contributed by atoms with van der Waals surface area (Å²) in [6.07, 6.45) is 0. The van der Waals surface area contributed by atoms with Crippen LogP contribution in [0.1, 0.15) is 20.8 Å². The summed E-state index contributed by atoms with van der Waals surface area (Å²) < 4.78 is 24.3. The zero-order valence-electron chi connectivity index (χ0n) is 13.7. The predicted molar refractivity (Wildman–Crippen MR) is 104 cm³/mol. The van der Waals surface area contributed by atoms with Gasteiger partial charge >= 0.3 is 5.97 Å². The zero-order chi connectivity index (χ0) is 18.9. The number of benzene rings is 1. The number of carbonyl (C=O) groups is 1. The van der Waals surface area contributed by atoms with E-state index in [0.29, 0.717) is 23.4 Å². The van der Waals surface area contributed by atoms with Crippen LogP contribution in [0, 0.1) is 6.92 Å². The molecule has 2 aromatic heterocycles. The summed E-state index contributed by atoms with van der Waals surface area (Å²) in [4.78, 5) is 12.3. The molecule has 0 bridgehead atoms. The van der Waals surface area contributed by atoms with Crippen LogP contribution in [0.25, 0.3) is 11.1 Å². The van der Waals surface area contributed by atoms with E-state index >= 15 is 0 Å². The Morgan fingerprint density at radius 3 is 2.58 bits per heavy atom. The van der Waals surface area contributed by atoms with Crippen molar-refractivity contribution >= 4 is 44.4 Å². The second-order valence-electron chi connectivity index (χ2n) is 5.68. The van der Waals surface area contributed by atoms with Gasteiger partial charge in [0.05, 0.1) is 10.5 Å². The molecule has 3 rings (SSSR count). The molecule has 3 aromatic rings.